The standard InChI is InChI=1S/C20H22ClN5O2/c21-17-5-2-1-4-15(17)13-26-14-16(12-18(26)27)19(28)24-8-10-25(11-9-24)20-22-6-3-7-23-20/h1-7,16H,8-14H2. The lowest BCUT2D eigenvalue weighted by Crippen LogP contribution is -2.51. The molecule has 2 saturated heterocycles. The zero-order valence-electron chi connectivity index (χ0n) is 15.5. The summed E-state index contributed by atoms with van der Waals surface area (Å²) in [4.78, 5) is 39.5. The minimum absolute atomic E-state index is 0.00888. The van der Waals surface area contributed by atoms with Crippen molar-refractivity contribution in [3.05, 3.63) is 53.3 Å². The molecule has 4 rings (SSSR count). The topological polar surface area (TPSA) is 69.6 Å². The van der Waals surface area contributed by atoms with Crippen LogP contribution < -0.4 is 4.90 Å². The number of carbonyl (C=O) groups excluding carboxylic acids is 2. The average molecular weight is 400 g/mol. The molecule has 0 bridgehead atoms. The number of piperazine rings is 1. The molecule has 1 aromatic heterocycles. The molecule has 0 N–H and O–H groups in total. The summed E-state index contributed by atoms with van der Waals surface area (Å²) in [6, 6.07) is 9.28. The molecule has 2 aromatic rings. The molecular formula is C20H22ClN5O2. The highest BCUT2D eigenvalue weighted by Crippen LogP contribution is 2.25. The summed E-state index contributed by atoms with van der Waals surface area (Å²) < 4.78 is 0. The molecule has 2 aliphatic heterocycles. The van der Waals surface area contributed by atoms with E-state index in [0.717, 1.165) is 5.56 Å². The Bertz CT molecular complexity index is 855. The summed E-state index contributed by atoms with van der Waals surface area (Å²) in [6.45, 7) is 3.52. The Hall–Kier alpha value is -2.67. The summed E-state index contributed by atoms with van der Waals surface area (Å²) in [7, 11) is 0. The van der Waals surface area contributed by atoms with Crippen molar-refractivity contribution in [1.82, 2.24) is 19.8 Å². The molecule has 28 heavy (non-hydrogen) atoms. The molecule has 0 saturated carbocycles. The number of halogens is 1. The van der Waals surface area contributed by atoms with Crippen LogP contribution in [0.4, 0.5) is 5.95 Å². The number of anilines is 1. The van der Waals surface area contributed by atoms with Gasteiger partial charge in [-0.25, -0.2) is 9.97 Å². The summed E-state index contributed by atoms with van der Waals surface area (Å²) in [5.41, 5.74) is 0.905. The van der Waals surface area contributed by atoms with Crippen molar-refractivity contribution in [2.24, 2.45) is 5.92 Å². The number of aromatic nitrogens is 2. The lowest BCUT2D eigenvalue weighted by Gasteiger charge is -2.35. The van der Waals surface area contributed by atoms with Crippen LogP contribution in [0.2, 0.25) is 5.02 Å². The van der Waals surface area contributed by atoms with Gasteiger partial charge in [-0.05, 0) is 17.7 Å². The molecule has 8 heteroatoms. The second-order valence-electron chi connectivity index (χ2n) is 7.13. The van der Waals surface area contributed by atoms with Crippen molar-refractivity contribution in [3.8, 4) is 0 Å². The highest BCUT2D eigenvalue weighted by atomic mass is 35.5. The van der Waals surface area contributed by atoms with Crippen LogP contribution in [0.1, 0.15) is 12.0 Å². The van der Waals surface area contributed by atoms with Gasteiger partial charge in [0.2, 0.25) is 17.8 Å². The number of hydrogen-bond acceptors (Lipinski definition) is 5. The van der Waals surface area contributed by atoms with Crippen LogP contribution >= 0.6 is 11.6 Å². The number of amides is 2. The second-order valence-corrected chi connectivity index (χ2v) is 7.54. The largest absolute Gasteiger partial charge is 0.339 e. The van der Waals surface area contributed by atoms with Gasteiger partial charge < -0.3 is 14.7 Å². The summed E-state index contributed by atoms with van der Waals surface area (Å²) in [5, 5.41) is 0.643. The molecule has 0 radical (unpaired) electrons. The number of carbonyl (C=O) groups is 2. The highest BCUT2D eigenvalue weighted by molar-refractivity contribution is 6.31. The lowest BCUT2D eigenvalue weighted by molar-refractivity contribution is -0.136. The number of nitrogens with zero attached hydrogens (tertiary/aromatic N) is 5. The van der Waals surface area contributed by atoms with Gasteiger partial charge in [-0.15, -0.1) is 0 Å². The van der Waals surface area contributed by atoms with Crippen molar-refractivity contribution in [1.29, 1.82) is 0 Å². The molecule has 7 nitrogen and oxygen atoms in total. The number of hydrogen-bond donors (Lipinski definition) is 0. The van der Waals surface area contributed by atoms with E-state index >= 15 is 0 Å². The van der Waals surface area contributed by atoms with Gasteiger partial charge in [0.15, 0.2) is 0 Å². The van der Waals surface area contributed by atoms with E-state index in [1.807, 2.05) is 29.2 Å². The zero-order valence-corrected chi connectivity index (χ0v) is 16.3. The van der Waals surface area contributed by atoms with Crippen molar-refractivity contribution < 1.29 is 9.59 Å². The van der Waals surface area contributed by atoms with Crippen molar-refractivity contribution >= 4 is 29.4 Å². The summed E-state index contributed by atoms with van der Waals surface area (Å²) >= 11 is 6.21. The molecule has 2 amide bonds. The second kappa shape index (κ2) is 8.14. The van der Waals surface area contributed by atoms with E-state index in [1.165, 1.54) is 0 Å². The smallest absolute Gasteiger partial charge is 0.228 e. The predicted molar refractivity (Wildman–Crippen MR) is 106 cm³/mol. The molecule has 1 aromatic carbocycles. The minimum atomic E-state index is -0.283. The van der Waals surface area contributed by atoms with Gasteiger partial charge in [-0.3, -0.25) is 9.59 Å². The Kier molecular flexibility index (Phi) is 5.43. The average Bonchev–Trinajstić information content (AvgIpc) is 3.10. The van der Waals surface area contributed by atoms with E-state index in [1.54, 1.807) is 23.4 Å². The van der Waals surface area contributed by atoms with E-state index in [0.29, 0.717) is 50.2 Å². The van der Waals surface area contributed by atoms with Crippen molar-refractivity contribution in [2.75, 3.05) is 37.6 Å². The maximum atomic E-state index is 12.9. The van der Waals surface area contributed by atoms with E-state index in [2.05, 4.69) is 14.9 Å². The Balaban J connectivity index is 1.33. The van der Waals surface area contributed by atoms with Gasteiger partial charge in [0.1, 0.15) is 0 Å². The Morgan fingerprint density at radius 3 is 2.50 bits per heavy atom. The molecule has 1 unspecified atom stereocenters. The third-order valence-electron chi connectivity index (χ3n) is 5.31. The number of benzene rings is 1. The SMILES string of the molecule is O=C1CC(C(=O)N2CCN(c3ncccn3)CC2)CN1Cc1ccccc1Cl. The van der Waals surface area contributed by atoms with E-state index in [-0.39, 0.29) is 24.2 Å². The maximum absolute atomic E-state index is 12.9. The van der Waals surface area contributed by atoms with Crippen LogP contribution in [-0.2, 0) is 16.1 Å². The first-order valence-electron chi connectivity index (χ1n) is 9.44. The molecule has 1 atom stereocenters. The normalized spacial score (nSPS) is 20.0. The van der Waals surface area contributed by atoms with Crippen molar-refractivity contribution in [3.63, 3.8) is 0 Å². The zero-order chi connectivity index (χ0) is 19.5. The monoisotopic (exact) mass is 399 g/mol. The van der Waals surface area contributed by atoms with E-state index in [4.69, 9.17) is 11.6 Å². The fourth-order valence-electron chi connectivity index (χ4n) is 3.76. The van der Waals surface area contributed by atoms with Crippen LogP contribution in [0, 0.1) is 5.92 Å². The highest BCUT2D eigenvalue weighted by Gasteiger charge is 2.37. The van der Waals surface area contributed by atoms with Gasteiger partial charge in [0.25, 0.3) is 0 Å². The lowest BCUT2D eigenvalue weighted by atomic mass is 10.1. The first-order chi connectivity index (χ1) is 13.6. The van der Waals surface area contributed by atoms with Gasteiger partial charge >= 0.3 is 0 Å². The fourth-order valence-corrected chi connectivity index (χ4v) is 3.96. The van der Waals surface area contributed by atoms with Crippen LogP contribution in [0.3, 0.4) is 0 Å². The first-order valence-corrected chi connectivity index (χ1v) is 9.81. The van der Waals surface area contributed by atoms with Gasteiger partial charge in [0, 0.05) is 63.1 Å². The van der Waals surface area contributed by atoms with E-state index < -0.39 is 0 Å². The quantitative estimate of drug-likeness (QED) is 0.784. The predicted octanol–water partition coefficient (Wildman–Crippen LogP) is 1.83. The third-order valence-corrected chi connectivity index (χ3v) is 5.68. The summed E-state index contributed by atoms with van der Waals surface area (Å²) in [6.07, 6.45) is 3.71. The summed E-state index contributed by atoms with van der Waals surface area (Å²) in [5.74, 6) is 0.476. The van der Waals surface area contributed by atoms with Crippen LogP contribution in [0.15, 0.2) is 42.7 Å². The molecule has 146 valence electrons. The molecule has 0 aliphatic carbocycles. The Morgan fingerprint density at radius 1 is 1.07 bits per heavy atom. The molecule has 0 spiro atoms. The molecule has 2 fully saturated rings. The third kappa shape index (κ3) is 3.94. The van der Waals surface area contributed by atoms with Crippen LogP contribution in [-0.4, -0.2) is 64.3 Å². The first kappa shape index (κ1) is 18.7. The minimum Gasteiger partial charge on any atom is -0.339 e. The number of likely N-dealkylation sites (tertiary alicyclic amines) is 1. The van der Waals surface area contributed by atoms with Crippen LogP contribution in [0.25, 0.3) is 0 Å². The molecule has 3 heterocycles. The van der Waals surface area contributed by atoms with Crippen molar-refractivity contribution in [2.45, 2.75) is 13.0 Å². The Labute approximate surface area is 168 Å². The Morgan fingerprint density at radius 2 is 1.79 bits per heavy atom. The number of rotatable bonds is 4. The molecule has 2 aliphatic rings. The fraction of sp³-hybridized carbons (Fsp3) is 0.400. The van der Waals surface area contributed by atoms with Gasteiger partial charge in [-0.2, -0.15) is 0 Å². The van der Waals surface area contributed by atoms with Gasteiger partial charge in [-0.1, -0.05) is 29.8 Å². The maximum Gasteiger partial charge on any atom is 0.228 e. The van der Waals surface area contributed by atoms with E-state index in [9.17, 15) is 9.59 Å². The van der Waals surface area contributed by atoms with Gasteiger partial charge in [0.05, 0.1) is 5.92 Å². The van der Waals surface area contributed by atoms with Crippen LogP contribution in [0.5, 0.6) is 0 Å². The molecular weight excluding hydrogens is 378 g/mol.